The molecule has 0 radical (unpaired) electrons. The largest absolute Gasteiger partial charge is 0.379 e. The summed E-state index contributed by atoms with van der Waals surface area (Å²) in [7, 11) is 0. The SMILES string of the molecule is Cc1cc(F)cc2c(=O)c(C(=O)N[C@@]3(C)CCOC3)c[nH]c12. The van der Waals surface area contributed by atoms with Gasteiger partial charge in [0, 0.05) is 18.2 Å². The fourth-order valence-corrected chi connectivity index (χ4v) is 2.74. The van der Waals surface area contributed by atoms with Crippen molar-refractivity contribution in [3.8, 4) is 0 Å². The standard InChI is InChI=1S/C16H17FN2O3/c1-9-5-10(17)6-11-13(9)18-7-12(14(11)20)15(21)19-16(2)3-4-22-8-16/h5-7H,3-4,8H2,1-2H3,(H,18,20)(H,19,21)/t16-/m0/s1. The van der Waals surface area contributed by atoms with Crippen LogP contribution in [0.5, 0.6) is 0 Å². The summed E-state index contributed by atoms with van der Waals surface area (Å²) in [5.41, 5.74) is 0.187. The molecule has 0 aliphatic carbocycles. The number of aryl methyl sites for hydroxylation is 1. The molecule has 3 rings (SSSR count). The molecule has 1 fully saturated rings. The molecule has 0 saturated carbocycles. The maximum Gasteiger partial charge on any atom is 0.257 e. The average Bonchev–Trinajstić information content (AvgIpc) is 2.86. The molecule has 2 N–H and O–H groups in total. The lowest BCUT2D eigenvalue weighted by molar-refractivity contribution is 0.0888. The van der Waals surface area contributed by atoms with E-state index in [0.717, 1.165) is 6.07 Å². The van der Waals surface area contributed by atoms with Gasteiger partial charge in [0.1, 0.15) is 11.4 Å². The predicted octanol–water partition coefficient (Wildman–Crippen LogP) is 1.88. The Morgan fingerprint density at radius 1 is 1.45 bits per heavy atom. The number of amides is 1. The maximum atomic E-state index is 13.5. The molecule has 116 valence electrons. The topological polar surface area (TPSA) is 71.2 Å². The lowest BCUT2D eigenvalue weighted by Gasteiger charge is -2.23. The monoisotopic (exact) mass is 304 g/mol. The van der Waals surface area contributed by atoms with E-state index in [1.165, 1.54) is 12.3 Å². The molecule has 6 heteroatoms. The van der Waals surface area contributed by atoms with Crippen LogP contribution in [0.2, 0.25) is 0 Å². The number of nitrogens with one attached hydrogen (secondary N) is 2. The Labute approximate surface area is 126 Å². The van der Waals surface area contributed by atoms with Crippen LogP contribution in [-0.4, -0.2) is 29.6 Å². The van der Waals surface area contributed by atoms with Gasteiger partial charge in [0.2, 0.25) is 5.43 Å². The molecule has 1 saturated heterocycles. The lowest BCUT2D eigenvalue weighted by atomic mass is 10.0. The third-order valence-corrected chi connectivity index (χ3v) is 4.03. The highest BCUT2D eigenvalue weighted by atomic mass is 19.1. The molecular formula is C16H17FN2O3. The number of rotatable bonds is 2. The highest BCUT2D eigenvalue weighted by Gasteiger charge is 2.32. The van der Waals surface area contributed by atoms with E-state index < -0.39 is 22.7 Å². The van der Waals surface area contributed by atoms with Crippen molar-refractivity contribution in [3.63, 3.8) is 0 Å². The normalized spacial score (nSPS) is 21.2. The number of hydrogen-bond acceptors (Lipinski definition) is 3. The molecule has 1 atom stereocenters. The zero-order valence-electron chi connectivity index (χ0n) is 12.5. The van der Waals surface area contributed by atoms with Crippen LogP contribution in [0.15, 0.2) is 23.1 Å². The third-order valence-electron chi connectivity index (χ3n) is 4.03. The van der Waals surface area contributed by atoms with Gasteiger partial charge in [-0.15, -0.1) is 0 Å². The van der Waals surface area contributed by atoms with Crippen molar-refractivity contribution in [1.82, 2.24) is 10.3 Å². The van der Waals surface area contributed by atoms with Gasteiger partial charge in [-0.25, -0.2) is 4.39 Å². The molecular weight excluding hydrogens is 287 g/mol. The van der Waals surface area contributed by atoms with Gasteiger partial charge < -0.3 is 15.0 Å². The molecule has 1 aliphatic rings. The van der Waals surface area contributed by atoms with Gasteiger partial charge in [-0.3, -0.25) is 9.59 Å². The summed E-state index contributed by atoms with van der Waals surface area (Å²) in [5, 5.41) is 3.01. The van der Waals surface area contributed by atoms with Crippen molar-refractivity contribution in [1.29, 1.82) is 0 Å². The first-order valence-corrected chi connectivity index (χ1v) is 7.11. The van der Waals surface area contributed by atoms with Crippen LogP contribution < -0.4 is 10.7 Å². The number of benzene rings is 1. The summed E-state index contributed by atoms with van der Waals surface area (Å²) in [6.45, 7) is 4.57. The van der Waals surface area contributed by atoms with Crippen molar-refractivity contribution < 1.29 is 13.9 Å². The quantitative estimate of drug-likeness (QED) is 0.890. The van der Waals surface area contributed by atoms with E-state index in [2.05, 4.69) is 10.3 Å². The van der Waals surface area contributed by atoms with Crippen LogP contribution in [0, 0.1) is 12.7 Å². The van der Waals surface area contributed by atoms with Gasteiger partial charge in [-0.05, 0) is 38.0 Å². The molecule has 0 unspecified atom stereocenters. The zero-order valence-corrected chi connectivity index (χ0v) is 12.5. The number of fused-ring (bicyclic) bond motifs is 1. The summed E-state index contributed by atoms with van der Waals surface area (Å²) < 4.78 is 18.8. The Morgan fingerprint density at radius 3 is 2.91 bits per heavy atom. The predicted molar refractivity (Wildman–Crippen MR) is 80.6 cm³/mol. The Morgan fingerprint density at radius 2 is 2.23 bits per heavy atom. The minimum absolute atomic E-state index is 0.0226. The second kappa shape index (κ2) is 5.21. The Kier molecular flexibility index (Phi) is 3.48. The van der Waals surface area contributed by atoms with Gasteiger partial charge in [0.15, 0.2) is 0 Å². The van der Waals surface area contributed by atoms with Crippen LogP contribution in [-0.2, 0) is 4.74 Å². The van der Waals surface area contributed by atoms with Crippen LogP contribution in [0.1, 0.15) is 29.3 Å². The Hall–Kier alpha value is -2.21. The highest BCUT2D eigenvalue weighted by molar-refractivity contribution is 5.97. The maximum absolute atomic E-state index is 13.5. The second-order valence-corrected chi connectivity index (χ2v) is 5.99. The van der Waals surface area contributed by atoms with E-state index >= 15 is 0 Å². The zero-order chi connectivity index (χ0) is 15.9. The van der Waals surface area contributed by atoms with E-state index in [9.17, 15) is 14.0 Å². The smallest absolute Gasteiger partial charge is 0.257 e. The van der Waals surface area contributed by atoms with Crippen LogP contribution in [0.3, 0.4) is 0 Å². The van der Waals surface area contributed by atoms with Gasteiger partial charge >= 0.3 is 0 Å². The molecule has 0 spiro atoms. The number of halogens is 1. The fraction of sp³-hybridized carbons (Fsp3) is 0.375. The van der Waals surface area contributed by atoms with Crippen LogP contribution in [0.4, 0.5) is 4.39 Å². The number of ether oxygens (including phenoxy) is 1. The first-order valence-electron chi connectivity index (χ1n) is 7.11. The van der Waals surface area contributed by atoms with E-state index in [4.69, 9.17) is 4.74 Å². The van der Waals surface area contributed by atoms with Gasteiger partial charge in [-0.2, -0.15) is 0 Å². The second-order valence-electron chi connectivity index (χ2n) is 5.99. The molecule has 1 aliphatic heterocycles. The van der Waals surface area contributed by atoms with Crippen molar-refractivity contribution in [2.24, 2.45) is 0 Å². The minimum atomic E-state index is -0.496. The van der Waals surface area contributed by atoms with E-state index in [-0.39, 0.29) is 10.9 Å². The number of hydrogen-bond donors (Lipinski definition) is 2. The van der Waals surface area contributed by atoms with Gasteiger partial charge in [0.05, 0.1) is 17.7 Å². The number of carbonyl (C=O) groups excluding carboxylic acids is 1. The number of aromatic nitrogens is 1. The number of H-pyrrole nitrogens is 1. The Balaban J connectivity index is 2.03. The summed E-state index contributed by atoms with van der Waals surface area (Å²) in [6.07, 6.45) is 2.07. The summed E-state index contributed by atoms with van der Waals surface area (Å²) >= 11 is 0. The molecule has 1 amide bonds. The van der Waals surface area contributed by atoms with Crippen LogP contribution in [0.25, 0.3) is 10.9 Å². The summed E-state index contributed by atoms with van der Waals surface area (Å²) in [6, 6.07) is 2.49. The number of aromatic amines is 1. The number of carbonyl (C=O) groups is 1. The molecule has 1 aromatic carbocycles. The summed E-state index contributed by atoms with van der Waals surface area (Å²) in [4.78, 5) is 27.7. The van der Waals surface area contributed by atoms with Gasteiger partial charge in [0.25, 0.3) is 5.91 Å². The fourth-order valence-electron chi connectivity index (χ4n) is 2.74. The van der Waals surface area contributed by atoms with E-state index in [0.29, 0.717) is 30.7 Å². The molecule has 0 bridgehead atoms. The van der Waals surface area contributed by atoms with E-state index in [1.54, 1.807) is 6.92 Å². The third kappa shape index (κ3) is 2.50. The first-order chi connectivity index (χ1) is 10.4. The summed E-state index contributed by atoms with van der Waals surface area (Å²) in [5.74, 6) is -0.970. The van der Waals surface area contributed by atoms with Crippen molar-refractivity contribution in [2.45, 2.75) is 25.8 Å². The minimum Gasteiger partial charge on any atom is -0.379 e. The highest BCUT2D eigenvalue weighted by Crippen LogP contribution is 2.19. The average molecular weight is 304 g/mol. The van der Waals surface area contributed by atoms with Crippen molar-refractivity contribution >= 4 is 16.8 Å². The molecule has 5 nitrogen and oxygen atoms in total. The van der Waals surface area contributed by atoms with Crippen molar-refractivity contribution in [3.05, 3.63) is 45.5 Å². The molecule has 1 aromatic heterocycles. The lowest BCUT2D eigenvalue weighted by Crippen LogP contribution is -2.47. The molecule has 22 heavy (non-hydrogen) atoms. The number of pyridine rings is 1. The first kappa shape index (κ1) is 14.7. The molecule has 2 heterocycles. The van der Waals surface area contributed by atoms with Crippen LogP contribution >= 0.6 is 0 Å². The molecule has 2 aromatic rings. The van der Waals surface area contributed by atoms with E-state index in [1.807, 2.05) is 6.92 Å². The Bertz CT molecular complexity index is 807. The van der Waals surface area contributed by atoms with Gasteiger partial charge in [-0.1, -0.05) is 0 Å². The van der Waals surface area contributed by atoms with Crippen molar-refractivity contribution in [2.75, 3.05) is 13.2 Å².